The predicted molar refractivity (Wildman–Crippen MR) is 53.2 cm³/mol. The monoisotopic (exact) mass is 192 g/mol. The van der Waals surface area contributed by atoms with Crippen LogP contribution in [-0.2, 0) is 6.61 Å². The molecule has 0 fully saturated rings. The number of hydrogen-bond donors (Lipinski definition) is 2. The van der Waals surface area contributed by atoms with E-state index in [-0.39, 0.29) is 6.61 Å². The first-order chi connectivity index (χ1) is 6.83. The molecule has 1 aromatic carbocycles. The molecule has 0 radical (unpaired) electrons. The first-order valence-corrected chi connectivity index (χ1v) is 4.55. The number of H-pyrrole nitrogens is 1. The second kappa shape index (κ2) is 3.67. The molecule has 0 saturated carbocycles. The Kier molecular flexibility index (Phi) is 2.37. The van der Waals surface area contributed by atoms with Crippen LogP contribution in [0.5, 0.6) is 5.75 Å². The lowest BCUT2D eigenvalue weighted by Gasteiger charge is -2.00. The summed E-state index contributed by atoms with van der Waals surface area (Å²) in [5, 5.41) is 8.89. The van der Waals surface area contributed by atoms with Crippen molar-refractivity contribution in [3.8, 4) is 5.75 Å². The van der Waals surface area contributed by atoms with Crippen LogP contribution >= 0.6 is 0 Å². The number of nitrogens with zero attached hydrogens (tertiary/aromatic N) is 1. The molecule has 0 aliphatic heterocycles. The summed E-state index contributed by atoms with van der Waals surface area (Å²) < 4.78 is 5.35. The van der Waals surface area contributed by atoms with E-state index in [4.69, 9.17) is 9.84 Å². The smallest absolute Gasteiger partial charge is 0.133 e. The second-order valence-electron chi connectivity index (χ2n) is 2.95. The molecule has 0 unspecified atom stereocenters. The number of fused-ring (bicyclic) bond motifs is 1. The number of imidazole rings is 1. The zero-order valence-electron chi connectivity index (χ0n) is 7.95. The maximum Gasteiger partial charge on any atom is 0.133 e. The van der Waals surface area contributed by atoms with Crippen molar-refractivity contribution in [2.75, 3.05) is 6.61 Å². The quantitative estimate of drug-likeness (QED) is 0.773. The third kappa shape index (κ3) is 1.56. The Bertz CT molecular complexity index is 437. The van der Waals surface area contributed by atoms with Crippen molar-refractivity contribution >= 4 is 11.0 Å². The maximum absolute atomic E-state index is 8.89. The first-order valence-electron chi connectivity index (χ1n) is 4.55. The van der Waals surface area contributed by atoms with E-state index in [2.05, 4.69) is 9.97 Å². The van der Waals surface area contributed by atoms with Crippen LogP contribution in [-0.4, -0.2) is 21.7 Å². The fraction of sp³-hybridized carbons (Fsp3) is 0.300. The van der Waals surface area contributed by atoms with E-state index < -0.39 is 0 Å². The van der Waals surface area contributed by atoms with Crippen molar-refractivity contribution in [2.45, 2.75) is 13.5 Å². The average Bonchev–Trinajstić information content (AvgIpc) is 2.60. The Morgan fingerprint density at radius 3 is 3.07 bits per heavy atom. The predicted octanol–water partition coefficient (Wildman–Crippen LogP) is 1.45. The van der Waals surface area contributed by atoms with Gasteiger partial charge in [0.2, 0.25) is 0 Å². The Labute approximate surface area is 81.5 Å². The second-order valence-corrected chi connectivity index (χ2v) is 2.95. The summed E-state index contributed by atoms with van der Waals surface area (Å²) in [7, 11) is 0. The van der Waals surface area contributed by atoms with Crippen molar-refractivity contribution in [1.82, 2.24) is 9.97 Å². The summed E-state index contributed by atoms with van der Waals surface area (Å²) >= 11 is 0. The van der Waals surface area contributed by atoms with E-state index in [1.54, 1.807) is 0 Å². The zero-order chi connectivity index (χ0) is 9.97. The highest BCUT2D eigenvalue weighted by atomic mass is 16.5. The van der Waals surface area contributed by atoms with Crippen molar-refractivity contribution in [3.05, 3.63) is 24.0 Å². The van der Waals surface area contributed by atoms with E-state index in [0.717, 1.165) is 16.8 Å². The molecular weight excluding hydrogens is 180 g/mol. The number of benzene rings is 1. The van der Waals surface area contributed by atoms with Gasteiger partial charge in [0, 0.05) is 6.07 Å². The third-order valence-electron chi connectivity index (χ3n) is 1.96. The minimum Gasteiger partial charge on any atom is -0.494 e. The largest absolute Gasteiger partial charge is 0.494 e. The van der Waals surface area contributed by atoms with E-state index in [0.29, 0.717) is 12.4 Å². The molecule has 0 bridgehead atoms. The van der Waals surface area contributed by atoms with Gasteiger partial charge < -0.3 is 14.8 Å². The van der Waals surface area contributed by atoms with Crippen LogP contribution in [0.3, 0.4) is 0 Å². The molecule has 2 N–H and O–H groups in total. The Morgan fingerprint density at radius 2 is 2.36 bits per heavy atom. The molecule has 1 heterocycles. The van der Waals surface area contributed by atoms with E-state index >= 15 is 0 Å². The number of aromatic amines is 1. The van der Waals surface area contributed by atoms with Gasteiger partial charge in [-0.15, -0.1) is 0 Å². The number of hydrogen-bond acceptors (Lipinski definition) is 3. The molecule has 4 nitrogen and oxygen atoms in total. The van der Waals surface area contributed by atoms with Crippen molar-refractivity contribution in [1.29, 1.82) is 0 Å². The number of aliphatic hydroxyl groups is 1. The molecule has 0 spiro atoms. The lowest BCUT2D eigenvalue weighted by molar-refractivity contribution is 0.273. The Morgan fingerprint density at radius 1 is 1.50 bits per heavy atom. The minimum atomic E-state index is -0.0708. The summed E-state index contributed by atoms with van der Waals surface area (Å²) in [6.07, 6.45) is 0. The van der Waals surface area contributed by atoms with Crippen LogP contribution in [0.2, 0.25) is 0 Å². The molecule has 4 heteroatoms. The molecule has 0 amide bonds. The molecule has 0 aliphatic carbocycles. The molecular formula is C10H12N2O2. The van der Waals surface area contributed by atoms with Crippen LogP contribution in [0.25, 0.3) is 11.0 Å². The van der Waals surface area contributed by atoms with Gasteiger partial charge in [-0.25, -0.2) is 4.98 Å². The number of rotatable bonds is 3. The molecule has 0 saturated heterocycles. The van der Waals surface area contributed by atoms with Crippen molar-refractivity contribution < 1.29 is 9.84 Å². The number of aromatic nitrogens is 2. The van der Waals surface area contributed by atoms with Gasteiger partial charge in [0.05, 0.1) is 17.6 Å². The van der Waals surface area contributed by atoms with Gasteiger partial charge in [0.1, 0.15) is 18.2 Å². The highest BCUT2D eigenvalue weighted by Crippen LogP contribution is 2.18. The summed E-state index contributed by atoms with van der Waals surface area (Å²) in [5.41, 5.74) is 1.73. The van der Waals surface area contributed by atoms with Gasteiger partial charge in [-0.1, -0.05) is 0 Å². The molecule has 74 valence electrons. The summed E-state index contributed by atoms with van der Waals surface area (Å²) in [6.45, 7) is 2.52. The topological polar surface area (TPSA) is 58.1 Å². The van der Waals surface area contributed by atoms with Crippen LogP contribution < -0.4 is 4.74 Å². The summed E-state index contributed by atoms with van der Waals surface area (Å²) in [6, 6.07) is 5.62. The number of nitrogens with one attached hydrogen (secondary N) is 1. The lowest BCUT2D eigenvalue weighted by atomic mass is 10.3. The van der Waals surface area contributed by atoms with Gasteiger partial charge in [0.15, 0.2) is 0 Å². The fourth-order valence-corrected chi connectivity index (χ4v) is 1.37. The zero-order valence-corrected chi connectivity index (χ0v) is 7.95. The SMILES string of the molecule is CCOc1ccc2nc(CO)[nH]c2c1. The first kappa shape index (κ1) is 9.02. The Hall–Kier alpha value is -1.55. The number of aliphatic hydroxyl groups excluding tert-OH is 1. The van der Waals surface area contributed by atoms with Gasteiger partial charge in [-0.2, -0.15) is 0 Å². The van der Waals surface area contributed by atoms with E-state index in [9.17, 15) is 0 Å². The standard InChI is InChI=1S/C10H12N2O2/c1-2-14-7-3-4-8-9(5-7)12-10(6-13)11-8/h3-5,13H,2,6H2,1H3,(H,11,12). The van der Waals surface area contributed by atoms with Gasteiger partial charge in [-0.3, -0.25) is 0 Å². The number of ether oxygens (including phenoxy) is 1. The molecule has 14 heavy (non-hydrogen) atoms. The normalized spacial score (nSPS) is 10.7. The molecule has 2 rings (SSSR count). The fourth-order valence-electron chi connectivity index (χ4n) is 1.37. The van der Waals surface area contributed by atoms with Crippen LogP contribution in [0.1, 0.15) is 12.7 Å². The van der Waals surface area contributed by atoms with Crippen LogP contribution in [0, 0.1) is 0 Å². The maximum atomic E-state index is 8.89. The summed E-state index contributed by atoms with van der Waals surface area (Å²) in [5.74, 6) is 1.39. The highest BCUT2D eigenvalue weighted by molar-refractivity contribution is 5.76. The Balaban J connectivity index is 2.43. The highest BCUT2D eigenvalue weighted by Gasteiger charge is 2.02. The third-order valence-corrected chi connectivity index (χ3v) is 1.96. The lowest BCUT2D eigenvalue weighted by Crippen LogP contribution is -1.90. The van der Waals surface area contributed by atoms with E-state index in [1.165, 1.54) is 0 Å². The average molecular weight is 192 g/mol. The molecule has 2 aromatic rings. The van der Waals surface area contributed by atoms with Crippen LogP contribution in [0.15, 0.2) is 18.2 Å². The van der Waals surface area contributed by atoms with Crippen molar-refractivity contribution in [3.63, 3.8) is 0 Å². The molecule has 0 atom stereocenters. The van der Waals surface area contributed by atoms with Gasteiger partial charge in [0.25, 0.3) is 0 Å². The van der Waals surface area contributed by atoms with E-state index in [1.807, 2.05) is 25.1 Å². The molecule has 1 aromatic heterocycles. The van der Waals surface area contributed by atoms with Gasteiger partial charge in [-0.05, 0) is 19.1 Å². The van der Waals surface area contributed by atoms with Crippen molar-refractivity contribution in [2.24, 2.45) is 0 Å². The molecule has 0 aliphatic rings. The van der Waals surface area contributed by atoms with Crippen LogP contribution in [0.4, 0.5) is 0 Å². The van der Waals surface area contributed by atoms with Gasteiger partial charge >= 0.3 is 0 Å². The minimum absolute atomic E-state index is 0.0708. The summed E-state index contributed by atoms with van der Waals surface area (Å²) in [4.78, 5) is 7.17.